The van der Waals surface area contributed by atoms with E-state index in [4.69, 9.17) is 4.74 Å². The zero-order valence-corrected chi connectivity index (χ0v) is 11.6. The summed E-state index contributed by atoms with van der Waals surface area (Å²) in [4.78, 5) is 2.24. The highest BCUT2D eigenvalue weighted by Crippen LogP contribution is 2.24. The van der Waals surface area contributed by atoms with Crippen LogP contribution >= 0.6 is 0 Å². The first kappa shape index (κ1) is 13.2. The van der Waals surface area contributed by atoms with E-state index in [1.54, 1.807) is 0 Å². The molecule has 5 heteroatoms. The lowest BCUT2D eigenvalue weighted by molar-refractivity contribution is -0.0752. The molecule has 1 aromatic heterocycles. The summed E-state index contributed by atoms with van der Waals surface area (Å²) in [7, 11) is 1.90. The van der Waals surface area contributed by atoms with Gasteiger partial charge in [0.25, 0.3) is 0 Å². The molecule has 1 aliphatic rings. The Morgan fingerprint density at radius 3 is 2.78 bits per heavy atom. The van der Waals surface area contributed by atoms with E-state index < -0.39 is 0 Å². The molecule has 1 fully saturated rings. The Labute approximate surface area is 109 Å². The third kappa shape index (κ3) is 3.17. The van der Waals surface area contributed by atoms with Crippen molar-refractivity contribution < 1.29 is 4.74 Å². The molecule has 0 spiro atoms. The van der Waals surface area contributed by atoms with Crippen molar-refractivity contribution in [2.75, 3.05) is 25.0 Å². The standard InChI is InChI=1S/C13H22N4O/c1-10-8-17(9-13(2,3)18-10)12-6-5-11(7-14-4)15-16-12/h5-6,10,14H,7-9H2,1-4H3. The first-order chi connectivity index (χ1) is 8.50. The van der Waals surface area contributed by atoms with Crippen LogP contribution in [0.15, 0.2) is 12.1 Å². The van der Waals surface area contributed by atoms with Crippen molar-refractivity contribution in [3.8, 4) is 0 Å². The Kier molecular flexibility index (Phi) is 3.82. The normalized spacial score (nSPS) is 23.1. The molecule has 2 rings (SSSR count). The second-order valence-electron chi connectivity index (χ2n) is 5.48. The Bertz CT molecular complexity index is 390. The van der Waals surface area contributed by atoms with E-state index in [9.17, 15) is 0 Å². The average Bonchev–Trinajstić information content (AvgIpc) is 2.27. The smallest absolute Gasteiger partial charge is 0.151 e. The quantitative estimate of drug-likeness (QED) is 0.873. The molecular weight excluding hydrogens is 228 g/mol. The Balaban J connectivity index is 2.10. The van der Waals surface area contributed by atoms with E-state index in [1.807, 2.05) is 19.2 Å². The third-order valence-corrected chi connectivity index (χ3v) is 2.96. The van der Waals surface area contributed by atoms with E-state index in [-0.39, 0.29) is 11.7 Å². The highest BCUT2D eigenvalue weighted by molar-refractivity contribution is 5.38. The van der Waals surface area contributed by atoms with Crippen LogP contribution in [0.2, 0.25) is 0 Å². The van der Waals surface area contributed by atoms with Gasteiger partial charge in [-0.1, -0.05) is 0 Å². The fourth-order valence-corrected chi connectivity index (χ4v) is 2.43. The van der Waals surface area contributed by atoms with Crippen molar-refractivity contribution in [1.82, 2.24) is 15.5 Å². The van der Waals surface area contributed by atoms with Gasteiger partial charge < -0.3 is 15.0 Å². The van der Waals surface area contributed by atoms with Gasteiger partial charge in [0, 0.05) is 19.6 Å². The van der Waals surface area contributed by atoms with Crippen LogP contribution in [0.4, 0.5) is 5.82 Å². The lowest BCUT2D eigenvalue weighted by atomic mass is 10.1. The van der Waals surface area contributed by atoms with Crippen molar-refractivity contribution in [2.45, 2.75) is 39.0 Å². The van der Waals surface area contributed by atoms with Crippen molar-refractivity contribution in [1.29, 1.82) is 0 Å². The SMILES string of the molecule is CNCc1ccc(N2CC(C)OC(C)(C)C2)nn1. The third-order valence-electron chi connectivity index (χ3n) is 2.96. The molecule has 18 heavy (non-hydrogen) atoms. The fourth-order valence-electron chi connectivity index (χ4n) is 2.43. The van der Waals surface area contributed by atoms with Crippen LogP contribution < -0.4 is 10.2 Å². The molecule has 1 saturated heterocycles. The summed E-state index contributed by atoms with van der Waals surface area (Å²) >= 11 is 0. The van der Waals surface area contributed by atoms with E-state index in [2.05, 4.69) is 41.2 Å². The number of aromatic nitrogens is 2. The zero-order chi connectivity index (χ0) is 13.2. The average molecular weight is 250 g/mol. The number of morpholine rings is 1. The van der Waals surface area contributed by atoms with Crippen LogP contribution in [-0.2, 0) is 11.3 Å². The van der Waals surface area contributed by atoms with Gasteiger partial charge in [-0.15, -0.1) is 5.10 Å². The summed E-state index contributed by atoms with van der Waals surface area (Å²) in [5, 5.41) is 11.6. The highest BCUT2D eigenvalue weighted by atomic mass is 16.5. The van der Waals surface area contributed by atoms with Crippen LogP contribution in [0.3, 0.4) is 0 Å². The number of hydrogen-bond acceptors (Lipinski definition) is 5. The molecule has 2 heterocycles. The lowest BCUT2D eigenvalue weighted by Crippen LogP contribution is -2.52. The summed E-state index contributed by atoms with van der Waals surface area (Å²) in [5.74, 6) is 0.929. The van der Waals surface area contributed by atoms with Gasteiger partial charge in [0.2, 0.25) is 0 Å². The maximum Gasteiger partial charge on any atom is 0.151 e. The van der Waals surface area contributed by atoms with Gasteiger partial charge in [-0.2, -0.15) is 5.10 Å². The Morgan fingerprint density at radius 1 is 1.44 bits per heavy atom. The van der Waals surface area contributed by atoms with E-state index in [1.165, 1.54) is 0 Å². The van der Waals surface area contributed by atoms with E-state index in [0.717, 1.165) is 31.1 Å². The van der Waals surface area contributed by atoms with Crippen molar-refractivity contribution in [3.05, 3.63) is 17.8 Å². The van der Waals surface area contributed by atoms with Gasteiger partial charge in [-0.3, -0.25) is 0 Å². The summed E-state index contributed by atoms with van der Waals surface area (Å²) in [6, 6.07) is 4.06. The number of nitrogens with one attached hydrogen (secondary N) is 1. The molecule has 1 atom stereocenters. The summed E-state index contributed by atoms with van der Waals surface area (Å²) < 4.78 is 5.89. The van der Waals surface area contributed by atoms with Crippen LogP contribution in [0.25, 0.3) is 0 Å². The largest absolute Gasteiger partial charge is 0.369 e. The molecule has 1 aromatic rings. The molecule has 1 aliphatic heterocycles. The van der Waals surface area contributed by atoms with Gasteiger partial charge in [-0.05, 0) is 40.0 Å². The molecule has 5 nitrogen and oxygen atoms in total. The molecule has 0 amide bonds. The van der Waals surface area contributed by atoms with Gasteiger partial charge in [0.1, 0.15) is 0 Å². The zero-order valence-electron chi connectivity index (χ0n) is 11.6. The first-order valence-electron chi connectivity index (χ1n) is 6.40. The summed E-state index contributed by atoms with van der Waals surface area (Å²) in [5.41, 5.74) is 0.824. The Morgan fingerprint density at radius 2 is 2.22 bits per heavy atom. The van der Waals surface area contributed by atoms with Crippen LogP contribution in [-0.4, -0.2) is 42.0 Å². The molecule has 1 N–H and O–H groups in total. The number of ether oxygens (including phenoxy) is 1. The molecule has 1 unspecified atom stereocenters. The summed E-state index contributed by atoms with van der Waals surface area (Å²) in [6.45, 7) is 8.77. The van der Waals surface area contributed by atoms with Crippen molar-refractivity contribution in [3.63, 3.8) is 0 Å². The molecular formula is C13H22N4O. The second kappa shape index (κ2) is 5.20. The number of anilines is 1. The van der Waals surface area contributed by atoms with Gasteiger partial charge in [-0.25, -0.2) is 0 Å². The highest BCUT2D eigenvalue weighted by Gasteiger charge is 2.31. The van der Waals surface area contributed by atoms with Crippen LogP contribution in [0, 0.1) is 0 Å². The minimum Gasteiger partial charge on any atom is -0.369 e. The number of nitrogens with zero attached hydrogens (tertiary/aromatic N) is 3. The molecule has 100 valence electrons. The van der Waals surface area contributed by atoms with Crippen molar-refractivity contribution >= 4 is 5.82 Å². The summed E-state index contributed by atoms with van der Waals surface area (Å²) in [6.07, 6.45) is 0.215. The predicted molar refractivity (Wildman–Crippen MR) is 71.6 cm³/mol. The van der Waals surface area contributed by atoms with E-state index >= 15 is 0 Å². The van der Waals surface area contributed by atoms with Gasteiger partial charge >= 0.3 is 0 Å². The van der Waals surface area contributed by atoms with E-state index in [0.29, 0.717) is 0 Å². The maximum atomic E-state index is 5.89. The van der Waals surface area contributed by atoms with Crippen LogP contribution in [0.5, 0.6) is 0 Å². The number of rotatable bonds is 3. The number of hydrogen-bond donors (Lipinski definition) is 1. The Hall–Kier alpha value is -1.20. The molecule has 0 aliphatic carbocycles. The lowest BCUT2D eigenvalue weighted by Gasteiger charge is -2.42. The molecule has 0 aromatic carbocycles. The maximum absolute atomic E-state index is 5.89. The molecule has 0 bridgehead atoms. The second-order valence-corrected chi connectivity index (χ2v) is 5.48. The monoisotopic (exact) mass is 250 g/mol. The first-order valence-corrected chi connectivity index (χ1v) is 6.40. The molecule has 0 radical (unpaired) electrons. The molecule has 0 saturated carbocycles. The topological polar surface area (TPSA) is 50.3 Å². The fraction of sp³-hybridized carbons (Fsp3) is 0.692. The minimum absolute atomic E-state index is 0.136. The predicted octanol–water partition coefficient (Wildman–Crippen LogP) is 1.20. The van der Waals surface area contributed by atoms with Crippen LogP contribution in [0.1, 0.15) is 26.5 Å². The van der Waals surface area contributed by atoms with Gasteiger partial charge in [0.15, 0.2) is 5.82 Å². The van der Waals surface area contributed by atoms with Gasteiger partial charge in [0.05, 0.1) is 17.4 Å². The van der Waals surface area contributed by atoms with Crippen molar-refractivity contribution in [2.24, 2.45) is 0 Å². The minimum atomic E-state index is -0.136.